The van der Waals surface area contributed by atoms with Crippen molar-refractivity contribution in [2.24, 2.45) is 10.2 Å². The summed E-state index contributed by atoms with van der Waals surface area (Å²) in [5.74, 6) is 0.711. The van der Waals surface area contributed by atoms with Crippen molar-refractivity contribution in [3.63, 3.8) is 0 Å². The fourth-order valence-corrected chi connectivity index (χ4v) is 2.57. The Hall–Kier alpha value is -1.31. The van der Waals surface area contributed by atoms with E-state index >= 15 is 0 Å². The largest absolute Gasteiger partial charge is 0.379 e. The van der Waals surface area contributed by atoms with Gasteiger partial charge in [-0.25, -0.2) is 0 Å². The summed E-state index contributed by atoms with van der Waals surface area (Å²) in [4.78, 5) is 7.61. The molecule has 0 fully saturated rings. The predicted octanol–water partition coefficient (Wildman–Crippen LogP) is 2.33. The standard InChI is InChI=1S/C19H39N7O6S/c20-24-22-2-8-28-13-15-30-10-5-26(4-1-7-27-12-17-32-18-19-33)6-11-31-16-14-29-9-3-23-25-21/h33H,1-19H2. The van der Waals surface area contributed by atoms with Crippen molar-refractivity contribution in [2.75, 3.05) is 118 Å². The van der Waals surface area contributed by atoms with E-state index in [-0.39, 0.29) is 0 Å². The normalized spacial score (nSPS) is 10.8. The lowest BCUT2D eigenvalue weighted by atomic mass is 10.4. The van der Waals surface area contributed by atoms with E-state index in [0.29, 0.717) is 98.1 Å². The predicted molar refractivity (Wildman–Crippen MR) is 128 cm³/mol. The van der Waals surface area contributed by atoms with Crippen molar-refractivity contribution >= 4 is 12.6 Å². The lowest BCUT2D eigenvalue weighted by molar-refractivity contribution is 0.0215. The van der Waals surface area contributed by atoms with Crippen LogP contribution >= 0.6 is 12.6 Å². The highest BCUT2D eigenvalue weighted by molar-refractivity contribution is 7.80. The third kappa shape index (κ3) is 26.8. The fraction of sp³-hybridized carbons (Fsp3) is 1.00. The minimum absolute atomic E-state index is 0.326. The molecule has 0 rings (SSSR count). The summed E-state index contributed by atoms with van der Waals surface area (Å²) in [6, 6.07) is 0. The van der Waals surface area contributed by atoms with Gasteiger partial charge < -0.3 is 28.4 Å². The molecule has 0 aliphatic rings. The van der Waals surface area contributed by atoms with Crippen molar-refractivity contribution < 1.29 is 28.4 Å². The molecular formula is C19H39N7O6S. The minimum atomic E-state index is 0.326. The van der Waals surface area contributed by atoms with E-state index in [4.69, 9.17) is 39.5 Å². The van der Waals surface area contributed by atoms with E-state index in [9.17, 15) is 0 Å². The van der Waals surface area contributed by atoms with Crippen LogP contribution in [0.1, 0.15) is 6.42 Å². The summed E-state index contributed by atoms with van der Waals surface area (Å²) in [5.41, 5.74) is 16.4. The molecule has 0 N–H and O–H groups in total. The van der Waals surface area contributed by atoms with Crippen molar-refractivity contribution in [1.29, 1.82) is 0 Å². The third-order valence-electron chi connectivity index (χ3n) is 4.02. The molecule has 0 aliphatic heterocycles. The maximum Gasteiger partial charge on any atom is 0.0701 e. The molecule has 0 amide bonds. The van der Waals surface area contributed by atoms with E-state index < -0.39 is 0 Å². The second kappa shape index (κ2) is 28.7. The van der Waals surface area contributed by atoms with E-state index in [2.05, 4.69) is 37.6 Å². The van der Waals surface area contributed by atoms with Crippen LogP contribution < -0.4 is 0 Å². The second-order valence-electron chi connectivity index (χ2n) is 6.50. The van der Waals surface area contributed by atoms with Gasteiger partial charge in [0.05, 0.1) is 72.7 Å². The van der Waals surface area contributed by atoms with Crippen LogP contribution in [0.15, 0.2) is 10.2 Å². The fourth-order valence-electron chi connectivity index (χ4n) is 2.44. The molecular weight excluding hydrogens is 454 g/mol. The molecule has 0 aromatic carbocycles. The topological polar surface area (TPSA) is 156 Å². The highest BCUT2D eigenvalue weighted by atomic mass is 32.1. The number of hydrogen-bond acceptors (Lipinski definition) is 10. The monoisotopic (exact) mass is 493 g/mol. The molecule has 192 valence electrons. The van der Waals surface area contributed by atoms with E-state index in [1.807, 2.05) is 0 Å². The molecule has 0 bridgehead atoms. The van der Waals surface area contributed by atoms with Crippen LogP contribution in [-0.2, 0) is 28.4 Å². The average molecular weight is 494 g/mol. The first-order valence-corrected chi connectivity index (χ1v) is 11.8. The van der Waals surface area contributed by atoms with E-state index in [1.165, 1.54) is 0 Å². The molecule has 0 heterocycles. The van der Waals surface area contributed by atoms with Crippen molar-refractivity contribution in [3.05, 3.63) is 20.9 Å². The van der Waals surface area contributed by atoms with Gasteiger partial charge in [0.15, 0.2) is 0 Å². The molecule has 0 aliphatic carbocycles. The molecule has 13 nitrogen and oxygen atoms in total. The summed E-state index contributed by atoms with van der Waals surface area (Å²) < 4.78 is 32.8. The van der Waals surface area contributed by atoms with Crippen molar-refractivity contribution in [3.8, 4) is 0 Å². The quantitative estimate of drug-likeness (QED) is 0.0605. The summed E-state index contributed by atoms with van der Waals surface area (Å²) in [6.45, 7) is 9.41. The van der Waals surface area contributed by atoms with Gasteiger partial charge >= 0.3 is 0 Å². The highest BCUT2D eigenvalue weighted by Gasteiger charge is 2.05. The van der Waals surface area contributed by atoms with E-state index in [1.54, 1.807) is 0 Å². The zero-order chi connectivity index (χ0) is 24.1. The number of nitrogens with zero attached hydrogens (tertiary/aromatic N) is 7. The molecule has 0 atom stereocenters. The average Bonchev–Trinajstić information content (AvgIpc) is 2.83. The molecule has 0 saturated carbocycles. The molecule has 0 saturated heterocycles. The van der Waals surface area contributed by atoms with Crippen LogP contribution in [0.2, 0.25) is 0 Å². The summed E-state index contributed by atoms with van der Waals surface area (Å²) >= 11 is 4.09. The summed E-state index contributed by atoms with van der Waals surface area (Å²) in [5, 5.41) is 6.81. The van der Waals surface area contributed by atoms with Gasteiger partial charge in [-0.15, -0.1) is 0 Å². The number of rotatable bonds is 27. The van der Waals surface area contributed by atoms with Crippen molar-refractivity contribution in [1.82, 2.24) is 4.90 Å². The molecule has 0 spiro atoms. The van der Waals surface area contributed by atoms with Crippen LogP contribution in [-0.4, -0.2) is 123 Å². The van der Waals surface area contributed by atoms with Gasteiger partial charge in [-0.05, 0) is 17.5 Å². The van der Waals surface area contributed by atoms with Gasteiger partial charge in [-0.3, -0.25) is 4.90 Å². The number of azide groups is 2. The first-order chi connectivity index (χ1) is 16.3. The van der Waals surface area contributed by atoms with Crippen molar-refractivity contribution in [2.45, 2.75) is 6.42 Å². The number of thiol groups is 1. The maximum atomic E-state index is 8.20. The van der Waals surface area contributed by atoms with Crippen LogP contribution in [0.3, 0.4) is 0 Å². The Bertz CT molecular complexity index is 477. The Kier molecular flexibility index (Phi) is 27.6. The van der Waals surface area contributed by atoms with Crippen LogP contribution in [0.4, 0.5) is 0 Å². The Morgan fingerprint density at radius 2 is 0.970 bits per heavy atom. The minimum Gasteiger partial charge on any atom is -0.379 e. The second-order valence-corrected chi connectivity index (χ2v) is 6.95. The maximum absolute atomic E-state index is 8.20. The number of ether oxygens (including phenoxy) is 6. The smallest absolute Gasteiger partial charge is 0.0701 e. The molecule has 0 aromatic rings. The molecule has 0 unspecified atom stereocenters. The van der Waals surface area contributed by atoms with Crippen LogP contribution in [0.25, 0.3) is 20.9 Å². The van der Waals surface area contributed by atoms with Gasteiger partial charge in [-0.2, -0.15) is 12.6 Å². The lowest BCUT2D eigenvalue weighted by Crippen LogP contribution is -2.33. The number of hydrogen-bond donors (Lipinski definition) is 1. The van der Waals surface area contributed by atoms with Gasteiger partial charge in [-0.1, -0.05) is 10.2 Å². The van der Waals surface area contributed by atoms with Gasteiger partial charge in [0.25, 0.3) is 0 Å². The van der Waals surface area contributed by atoms with Crippen LogP contribution in [0, 0.1) is 0 Å². The first-order valence-electron chi connectivity index (χ1n) is 11.2. The summed E-state index contributed by atoms with van der Waals surface area (Å²) in [6.07, 6.45) is 0.900. The zero-order valence-electron chi connectivity index (χ0n) is 19.5. The third-order valence-corrected chi connectivity index (χ3v) is 4.20. The van der Waals surface area contributed by atoms with Crippen LogP contribution in [0.5, 0.6) is 0 Å². The highest BCUT2D eigenvalue weighted by Crippen LogP contribution is 1.95. The van der Waals surface area contributed by atoms with E-state index in [0.717, 1.165) is 26.1 Å². The first kappa shape index (κ1) is 31.7. The Balaban J connectivity index is 3.90. The van der Waals surface area contributed by atoms with Gasteiger partial charge in [0.2, 0.25) is 0 Å². The molecule has 0 aromatic heterocycles. The molecule has 14 heteroatoms. The van der Waals surface area contributed by atoms with Gasteiger partial charge in [0, 0.05) is 54.9 Å². The zero-order valence-corrected chi connectivity index (χ0v) is 20.4. The summed E-state index contributed by atoms with van der Waals surface area (Å²) in [7, 11) is 0. The van der Waals surface area contributed by atoms with Gasteiger partial charge in [0.1, 0.15) is 0 Å². The lowest BCUT2D eigenvalue weighted by Gasteiger charge is -2.22. The SMILES string of the molecule is [N-]=[N+]=NCCOCCOCCN(CCCOCCOCCS)CCOCCOCCN=[N+]=[N-]. The molecule has 33 heavy (non-hydrogen) atoms. The Labute approximate surface area is 201 Å². The Morgan fingerprint density at radius 3 is 1.42 bits per heavy atom. The Morgan fingerprint density at radius 1 is 0.545 bits per heavy atom. The molecule has 0 radical (unpaired) electrons.